The Morgan fingerprint density at radius 2 is 2.14 bits per heavy atom. The summed E-state index contributed by atoms with van der Waals surface area (Å²) in [6.07, 6.45) is 3.12. The van der Waals surface area contributed by atoms with Gasteiger partial charge in [0.2, 0.25) is 0 Å². The first-order valence-electron chi connectivity index (χ1n) is 9.27. The molecular weight excluding hydrogens is 444 g/mol. The molecule has 0 unspecified atom stereocenters. The van der Waals surface area contributed by atoms with Gasteiger partial charge in [0.15, 0.2) is 5.16 Å². The molecule has 9 heteroatoms. The molecule has 5 nitrogen and oxygen atoms in total. The van der Waals surface area contributed by atoms with Crippen LogP contribution in [0.4, 0.5) is 0 Å². The lowest BCUT2D eigenvalue weighted by molar-refractivity contribution is 0.814. The maximum atomic E-state index is 13.7. The van der Waals surface area contributed by atoms with E-state index in [1.165, 1.54) is 39.3 Å². The van der Waals surface area contributed by atoms with Crippen molar-refractivity contribution in [1.29, 1.82) is 0 Å². The van der Waals surface area contributed by atoms with Crippen LogP contribution in [0.25, 0.3) is 15.9 Å². The van der Waals surface area contributed by atoms with Crippen LogP contribution in [-0.4, -0.2) is 19.1 Å². The summed E-state index contributed by atoms with van der Waals surface area (Å²) in [5.41, 5.74) is 5.03. The molecule has 1 aliphatic rings. The third-order valence-corrected chi connectivity index (χ3v) is 8.27. The Morgan fingerprint density at radius 3 is 2.90 bits per heavy atom. The van der Waals surface area contributed by atoms with Crippen molar-refractivity contribution in [2.45, 2.75) is 44.0 Å². The van der Waals surface area contributed by atoms with Crippen molar-refractivity contribution in [3.8, 4) is 5.69 Å². The Labute approximate surface area is 184 Å². The number of hydrogen-bond acceptors (Lipinski definition) is 7. The molecule has 3 heterocycles. The number of thiophene rings is 1. The summed E-state index contributed by atoms with van der Waals surface area (Å²) in [6, 6.07) is 6.14. The van der Waals surface area contributed by atoms with E-state index in [-0.39, 0.29) is 5.56 Å². The van der Waals surface area contributed by atoms with Gasteiger partial charge in [0, 0.05) is 22.2 Å². The van der Waals surface area contributed by atoms with Gasteiger partial charge in [0.1, 0.15) is 14.9 Å². The molecule has 4 aromatic rings. The molecule has 0 fully saturated rings. The molecule has 1 aliphatic carbocycles. The Balaban J connectivity index is 1.71. The van der Waals surface area contributed by atoms with Crippen LogP contribution in [-0.2, 0) is 18.6 Å². The van der Waals surface area contributed by atoms with E-state index in [9.17, 15) is 4.79 Å². The number of thioether (sulfide) groups is 1. The topological polar surface area (TPSA) is 60.7 Å². The second kappa shape index (κ2) is 7.50. The van der Waals surface area contributed by atoms with Crippen molar-refractivity contribution in [3.63, 3.8) is 0 Å². The molecule has 5 rings (SSSR count). The molecule has 0 bridgehead atoms. The Bertz CT molecular complexity index is 1310. The number of aryl methyl sites for hydroxylation is 4. The lowest BCUT2D eigenvalue weighted by Crippen LogP contribution is -2.22. The van der Waals surface area contributed by atoms with Gasteiger partial charge in [-0.1, -0.05) is 45.5 Å². The van der Waals surface area contributed by atoms with Gasteiger partial charge in [-0.05, 0) is 50.3 Å². The smallest absolute Gasteiger partial charge is 0.267 e. The molecule has 0 spiro atoms. The highest BCUT2D eigenvalue weighted by Gasteiger charge is 2.24. The molecule has 0 N–H and O–H groups in total. The number of aromatic nitrogens is 4. The number of fused-ring (bicyclic) bond motifs is 3. The fourth-order valence-electron chi connectivity index (χ4n) is 3.81. The highest BCUT2D eigenvalue weighted by molar-refractivity contribution is 7.98. The summed E-state index contributed by atoms with van der Waals surface area (Å²) in [6.45, 7) is 4.09. The van der Waals surface area contributed by atoms with Crippen molar-refractivity contribution >= 4 is 56.4 Å². The zero-order valence-corrected chi connectivity index (χ0v) is 19.1. The average Bonchev–Trinajstić information content (AvgIpc) is 3.37. The third-order valence-electron chi connectivity index (χ3n) is 5.15. The summed E-state index contributed by atoms with van der Waals surface area (Å²) < 4.78 is 6.24. The van der Waals surface area contributed by atoms with Crippen molar-refractivity contribution in [3.05, 3.63) is 60.2 Å². The second-order valence-electron chi connectivity index (χ2n) is 7.14. The van der Waals surface area contributed by atoms with E-state index in [0.29, 0.717) is 15.2 Å². The number of hydrogen-bond donors (Lipinski definition) is 0. The molecule has 3 aromatic heterocycles. The monoisotopic (exact) mass is 460 g/mol. The quantitative estimate of drug-likeness (QED) is 0.303. The molecule has 29 heavy (non-hydrogen) atoms. The van der Waals surface area contributed by atoms with Crippen molar-refractivity contribution in [2.75, 3.05) is 0 Å². The zero-order chi connectivity index (χ0) is 20.1. The predicted molar refractivity (Wildman–Crippen MR) is 121 cm³/mol. The van der Waals surface area contributed by atoms with Gasteiger partial charge < -0.3 is 0 Å². The normalized spacial score (nSPS) is 13.3. The van der Waals surface area contributed by atoms with E-state index in [0.717, 1.165) is 46.4 Å². The standard InChI is InChI=1S/C20H17ClN4OS3/c1-10-6-7-14(11(2)8-10)25-19(26)16-12-4-3-5-15(12)28-18(16)22-20(25)27-9-13-17(21)29-24-23-13/h6-8H,3-5,9H2,1-2H3. The molecule has 0 radical (unpaired) electrons. The molecular formula is C20H17ClN4OS3. The van der Waals surface area contributed by atoms with Crippen molar-refractivity contribution in [2.24, 2.45) is 0 Å². The zero-order valence-electron chi connectivity index (χ0n) is 15.9. The van der Waals surface area contributed by atoms with Crippen LogP contribution in [0, 0.1) is 13.8 Å². The molecule has 0 amide bonds. The van der Waals surface area contributed by atoms with Gasteiger partial charge in [-0.2, -0.15) is 0 Å². The van der Waals surface area contributed by atoms with Gasteiger partial charge in [0.05, 0.1) is 11.1 Å². The Hall–Kier alpha value is -1.74. The van der Waals surface area contributed by atoms with Crippen molar-refractivity contribution in [1.82, 2.24) is 19.1 Å². The highest BCUT2D eigenvalue weighted by Crippen LogP contribution is 2.37. The first kappa shape index (κ1) is 19.2. The summed E-state index contributed by atoms with van der Waals surface area (Å²) in [5, 5.41) is 5.55. The highest BCUT2D eigenvalue weighted by atomic mass is 35.5. The molecule has 0 saturated carbocycles. The van der Waals surface area contributed by atoms with Crippen LogP contribution in [0.5, 0.6) is 0 Å². The largest absolute Gasteiger partial charge is 0.268 e. The maximum Gasteiger partial charge on any atom is 0.267 e. The van der Waals surface area contributed by atoms with E-state index >= 15 is 0 Å². The van der Waals surface area contributed by atoms with Gasteiger partial charge in [-0.15, -0.1) is 16.4 Å². The number of rotatable bonds is 4. The van der Waals surface area contributed by atoms with Crippen LogP contribution in [0.15, 0.2) is 28.2 Å². The van der Waals surface area contributed by atoms with E-state index in [1.807, 2.05) is 19.1 Å². The van der Waals surface area contributed by atoms with Gasteiger partial charge in [0.25, 0.3) is 5.56 Å². The summed E-state index contributed by atoms with van der Waals surface area (Å²) in [4.78, 5) is 20.8. The predicted octanol–water partition coefficient (Wildman–Crippen LogP) is 5.35. The first-order valence-corrected chi connectivity index (χ1v) is 12.2. The minimum atomic E-state index is 0.0198. The molecule has 0 atom stereocenters. The molecule has 0 saturated heterocycles. The van der Waals surface area contributed by atoms with Crippen LogP contribution in [0.2, 0.25) is 4.34 Å². The summed E-state index contributed by atoms with van der Waals surface area (Å²) >= 11 is 10.5. The average molecular weight is 461 g/mol. The fourth-order valence-corrected chi connectivity index (χ4v) is 6.85. The van der Waals surface area contributed by atoms with Crippen LogP contribution >= 0.6 is 46.2 Å². The Morgan fingerprint density at radius 1 is 1.28 bits per heavy atom. The molecule has 148 valence electrons. The maximum absolute atomic E-state index is 13.7. The van der Waals surface area contributed by atoms with E-state index in [1.54, 1.807) is 15.9 Å². The van der Waals surface area contributed by atoms with Crippen LogP contribution < -0.4 is 5.56 Å². The van der Waals surface area contributed by atoms with E-state index < -0.39 is 0 Å². The van der Waals surface area contributed by atoms with Gasteiger partial charge in [-0.3, -0.25) is 9.36 Å². The fraction of sp³-hybridized carbons (Fsp3) is 0.300. The number of nitrogens with zero attached hydrogens (tertiary/aromatic N) is 4. The lowest BCUT2D eigenvalue weighted by Gasteiger charge is -2.15. The van der Waals surface area contributed by atoms with Gasteiger partial charge >= 0.3 is 0 Å². The van der Waals surface area contributed by atoms with Gasteiger partial charge in [-0.25, -0.2) is 4.98 Å². The van der Waals surface area contributed by atoms with E-state index in [4.69, 9.17) is 16.6 Å². The minimum absolute atomic E-state index is 0.0198. The van der Waals surface area contributed by atoms with Crippen LogP contribution in [0.1, 0.15) is 33.7 Å². The molecule has 0 aliphatic heterocycles. The van der Waals surface area contributed by atoms with E-state index in [2.05, 4.69) is 22.6 Å². The number of halogens is 1. The minimum Gasteiger partial charge on any atom is -0.268 e. The summed E-state index contributed by atoms with van der Waals surface area (Å²) in [7, 11) is 0. The third kappa shape index (κ3) is 3.32. The Kier molecular flexibility index (Phi) is 4.98. The van der Waals surface area contributed by atoms with Crippen LogP contribution in [0.3, 0.4) is 0 Å². The van der Waals surface area contributed by atoms with Crippen molar-refractivity contribution < 1.29 is 0 Å². The molecule has 1 aromatic carbocycles. The lowest BCUT2D eigenvalue weighted by atomic mass is 10.1. The summed E-state index contributed by atoms with van der Waals surface area (Å²) in [5.74, 6) is 0.517. The second-order valence-corrected chi connectivity index (χ2v) is 10.5. The first-order chi connectivity index (χ1) is 14.0. The number of benzene rings is 1. The SMILES string of the molecule is Cc1ccc(-n2c(SCc3nnsc3Cl)nc3sc4c(c3c2=O)CCC4)c(C)c1.